The van der Waals surface area contributed by atoms with Gasteiger partial charge in [0.05, 0.1) is 33.7 Å². The number of nitrogens with zero attached hydrogens (tertiary/aromatic N) is 2. The second-order valence-electron chi connectivity index (χ2n) is 10.5. The summed E-state index contributed by atoms with van der Waals surface area (Å²) in [6.07, 6.45) is 4.35. The SMILES string of the molecule is CC(=O)Nc1ccc2c(c1)C[C@@]1(C2)C(=O)Nc2ncccc21.COC[C@H](C)n1c(=O)[nH]cc(-c2cccc(Cl)c2Cl)c1=O. The largest absolute Gasteiger partial charge is 0.383 e. The fourth-order valence-corrected chi connectivity index (χ4v) is 6.06. The monoisotopic (exact) mass is 621 g/mol. The number of benzene rings is 2. The fourth-order valence-electron chi connectivity index (χ4n) is 5.66. The predicted octanol–water partition coefficient (Wildman–Crippen LogP) is 4.75. The van der Waals surface area contributed by atoms with Gasteiger partial charge >= 0.3 is 5.69 Å². The van der Waals surface area contributed by atoms with Crippen molar-refractivity contribution >= 4 is 46.5 Å². The summed E-state index contributed by atoms with van der Waals surface area (Å²) < 4.78 is 6.10. The Hall–Kier alpha value is -4.25. The maximum atomic E-state index is 12.6. The molecule has 0 saturated heterocycles. The van der Waals surface area contributed by atoms with Gasteiger partial charge in [-0.2, -0.15) is 0 Å². The van der Waals surface area contributed by atoms with Gasteiger partial charge in [0, 0.05) is 43.2 Å². The molecule has 1 spiro atoms. The predicted molar refractivity (Wildman–Crippen MR) is 166 cm³/mol. The molecule has 2 amide bonds. The lowest BCUT2D eigenvalue weighted by Gasteiger charge is -2.20. The van der Waals surface area contributed by atoms with Crippen LogP contribution >= 0.6 is 23.2 Å². The summed E-state index contributed by atoms with van der Waals surface area (Å²) in [5.74, 6) is 0.585. The number of carbonyl (C=O) groups excluding carboxylic acids is 2. The van der Waals surface area contributed by atoms with Gasteiger partial charge in [-0.15, -0.1) is 0 Å². The van der Waals surface area contributed by atoms with Crippen LogP contribution in [0.1, 0.15) is 36.6 Å². The zero-order valence-electron chi connectivity index (χ0n) is 23.7. The Morgan fingerprint density at radius 2 is 1.86 bits per heavy atom. The number of ether oxygens (including phenoxy) is 1. The quantitative estimate of drug-likeness (QED) is 0.294. The molecule has 0 saturated carbocycles. The molecule has 2 aliphatic rings. The van der Waals surface area contributed by atoms with E-state index in [4.69, 9.17) is 27.9 Å². The van der Waals surface area contributed by atoms with E-state index in [-0.39, 0.29) is 29.0 Å². The summed E-state index contributed by atoms with van der Waals surface area (Å²) in [4.78, 5) is 55.0. The summed E-state index contributed by atoms with van der Waals surface area (Å²) in [6.45, 7) is 3.46. The third-order valence-electron chi connectivity index (χ3n) is 7.60. The minimum Gasteiger partial charge on any atom is -0.383 e. The molecule has 0 fully saturated rings. The average Bonchev–Trinajstić information content (AvgIpc) is 3.47. The van der Waals surface area contributed by atoms with E-state index in [2.05, 4.69) is 20.6 Å². The van der Waals surface area contributed by atoms with Crippen LogP contribution in [0.5, 0.6) is 0 Å². The smallest absolute Gasteiger partial charge is 0.328 e. The van der Waals surface area contributed by atoms with Crippen LogP contribution in [0.4, 0.5) is 11.5 Å². The molecule has 6 rings (SSSR count). The Kier molecular flexibility index (Phi) is 8.55. The van der Waals surface area contributed by atoms with Crippen LogP contribution < -0.4 is 21.9 Å². The lowest BCUT2D eigenvalue weighted by atomic mass is 9.79. The summed E-state index contributed by atoms with van der Waals surface area (Å²) in [5.41, 5.74) is 3.28. The van der Waals surface area contributed by atoms with E-state index in [1.807, 2.05) is 30.3 Å². The van der Waals surface area contributed by atoms with Gasteiger partial charge in [-0.05, 0) is 55.2 Å². The molecular formula is C31H29Cl2N5O5. The van der Waals surface area contributed by atoms with Gasteiger partial charge in [-0.25, -0.2) is 9.78 Å². The van der Waals surface area contributed by atoms with Crippen molar-refractivity contribution in [2.75, 3.05) is 24.4 Å². The first kappa shape index (κ1) is 30.2. The maximum Gasteiger partial charge on any atom is 0.328 e. The Bertz CT molecular complexity index is 1850. The minimum absolute atomic E-state index is 0.0125. The van der Waals surface area contributed by atoms with Crippen LogP contribution in [0.3, 0.4) is 0 Å². The van der Waals surface area contributed by atoms with Crippen LogP contribution in [-0.4, -0.2) is 40.1 Å². The first-order valence-electron chi connectivity index (χ1n) is 13.5. The molecule has 4 aromatic rings. The van der Waals surface area contributed by atoms with Gasteiger partial charge < -0.3 is 20.4 Å². The van der Waals surface area contributed by atoms with Crippen molar-refractivity contribution in [2.45, 2.75) is 38.1 Å². The van der Waals surface area contributed by atoms with Gasteiger partial charge in [-0.1, -0.05) is 47.5 Å². The van der Waals surface area contributed by atoms with Crippen molar-refractivity contribution in [3.8, 4) is 11.1 Å². The van der Waals surface area contributed by atoms with Crippen LogP contribution in [0.2, 0.25) is 10.0 Å². The molecule has 0 bridgehead atoms. The first-order valence-corrected chi connectivity index (χ1v) is 14.2. The van der Waals surface area contributed by atoms with E-state index in [1.54, 1.807) is 31.3 Å². The number of rotatable bonds is 5. The number of methoxy groups -OCH3 is 1. The molecule has 2 atom stereocenters. The van der Waals surface area contributed by atoms with E-state index in [9.17, 15) is 19.2 Å². The number of anilines is 2. The van der Waals surface area contributed by atoms with Crippen molar-refractivity contribution < 1.29 is 14.3 Å². The topological polar surface area (TPSA) is 135 Å². The minimum atomic E-state index is -0.555. The zero-order chi connectivity index (χ0) is 30.9. The third-order valence-corrected chi connectivity index (χ3v) is 8.42. The Balaban J connectivity index is 0.000000172. The Labute approximate surface area is 257 Å². The standard InChI is InChI=1S/C17H15N3O2.C14H14Cl2N2O3/c1-10(21)19-13-5-4-11-8-17(9-12(11)7-13)14-3-2-6-18-15(14)20-16(17)22;1-8(7-21-2)18-13(19)10(6-17-14(18)20)9-4-3-5-11(15)12(9)16/h2-7H,8-9H2,1H3,(H,19,21)(H,18,20,22);3-6,8H,7H2,1-2H3,(H,17,20)/t17-;8-/m10/s1. The highest BCUT2D eigenvalue weighted by Gasteiger charge is 2.51. The number of pyridine rings is 1. The number of hydrogen-bond acceptors (Lipinski definition) is 6. The molecule has 0 radical (unpaired) electrons. The number of nitrogens with one attached hydrogen (secondary N) is 3. The summed E-state index contributed by atoms with van der Waals surface area (Å²) in [6, 6.07) is 14.3. The zero-order valence-corrected chi connectivity index (χ0v) is 25.2. The summed E-state index contributed by atoms with van der Waals surface area (Å²) in [5, 5.41) is 6.30. The first-order chi connectivity index (χ1) is 20.6. The highest BCUT2D eigenvalue weighted by atomic mass is 35.5. The number of aromatic nitrogens is 3. The van der Waals surface area contributed by atoms with Crippen molar-refractivity contribution in [2.24, 2.45) is 0 Å². The number of hydrogen-bond donors (Lipinski definition) is 3. The van der Waals surface area contributed by atoms with E-state index in [0.717, 1.165) is 26.9 Å². The van der Waals surface area contributed by atoms with E-state index < -0.39 is 22.7 Å². The molecule has 2 aromatic carbocycles. The molecule has 3 N–H and O–H groups in total. The van der Waals surface area contributed by atoms with Crippen LogP contribution in [0.15, 0.2) is 70.5 Å². The molecule has 10 nitrogen and oxygen atoms in total. The van der Waals surface area contributed by atoms with Crippen LogP contribution in [0, 0.1) is 0 Å². The van der Waals surface area contributed by atoms with Crippen LogP contribution in [-0.2, 0) is 32.6 Å². The molecule has 0 unspecified atom stereocenters. The number of halogens is 2. The van der Waals surface area contributed by atoms with E-state index in [0.29, 0.717) is 29.2 Å². The summed E-state index contributed by atoms with van der Waals surface area (Å²) >= 11 is 12.1. The maximum absolute atomic E-state index is 12.6. The lowest BCUT2D eigenvalue weighted by molar-refractivity contribution is -0.120. The number of H-pyrrole nitrogens is 1. The average molecular weight is 623 g/mol. The van der Waals surface area contributed by atoms with E-state index in [1.165, 1.54) is 20.2 Å². The van der Waals surface area contributed by atoms with Crippen molar-refractivity contribution in [1.82, 2.24) is 14.5 Å². The van der Waals surface area contributed by atoms with Crippen LogP contribution in [0.25, 0.3) is 11.1 Å². The molecule has 222 valence electrons. The third kappa shape index (κ3) is 5.73. The molecule has 12 heteroatoms. The van der Waals surface area contributed by atoms with Gasteiger partial charge in [0.1, 0.15) is 5.82 Å². The van der Waals surface area contributed by atoms with Gasteiger partial charge in [0.15, 0.2) is 0 Å². The van der Waals surface area contributed by atoms with Crippen molar-refractivity contribution in [3.05, 3.63) is 108 Å². The molecular weight excluding hydrogens is 593 g/mol. The second kappa shape index (κ2) is 12.2. The summed E-state index contributed by atoms with van der Waals surface area (Å²) in [7, 11) is 1.51. The molecule has 1 aliphatic carbocycles. The Morgan fingerprint density at radius 1 is 1.09 bits per heavy atom. The Morgan fingerprint density at radius 3 is 2.60 bits per heavy atom. The lowest BCUT2D eigenvalue weighted by Crippen LogP contribution is -2.39. The molecule has 2 aromatic heterocycles. The normalized spacial score (nSPS) is 17.0. The van der Waals surface area contributed by atoms with Crippen molar-refractivity contribution in [1.29, 1.82) is 0 Å². The highest BCUT2D eigenvalue weighted by Crippen LogP contribution is 2.46. The number of aromatic amines is 1. The molecule has 43 heavy (non-hydrogen) atoms. The van der Waals surface area contributed by atoms with Gasteiger partial charge in [0.25, 0.3) is 5.56 Å². The highest BCUT2D eigenvalue weighted by molar-refractivity contribution is 6.43. The van der Waals surface area contributed by atoms with Crippen molar-refractivity contribution in [3.63, 3.8) is 0 Å². The molecule has 1 aliphatic heterocycles. The number of amides is 2. The molecule has 3 heterocycles. The van der Waals surface area contributed by atoms with Gasteiger partial charge in [-0.3, -0.25) is 19.0 Å². The van der Waals surface area contributed by atoms with Gasteiger partial charge in [0.2, 0.25) is 11.8 Å². The number of fused-ring (bicyclic) bond motifs is 3. The fraction of sp³-hybridized carbons (Fsp3) is 0.258. The number of carbonyl (C=O) groups is 2. The second-order valence-corrected chi connectivity index (χ2v) is 11.3. The van der Waals surface area contributed by atoms with E-state index >= 15 is 0 Å².